The molecule has 12 heteroatoms. The summed E-state index contributed by atoms with van der Waals surface area (Å²) >= 11 is 0. The Morgan fingerprint density at radius 2 is 1.38 bits per heavy atom. The summed E-state index contributed by atoms with van der Waals surface area (Å²) in [6.45, 7) is 10.9. The Hall–Kier alpha value is -3.54. The fourth-order valence-electron chi connectivity index (χ4n) is 3.49. The molecule has 1 atom stereocenters. The standard InChI is InChI=1S/C28H43NO11/c1-7-9-11-15-35-25(32)38-22-14-13-21(17-23(22)39-26(33)36-16-12-10-8-2)18-28(24(30)31,29-19(3)4)40-27(34)37-20(5)6/h13-14,17,19-20,29H,7-12,15-16,18H2,1-6H3,(H,30,31)/t28-/m0/s1. The van der Waals surface area contributed by atoms with Gasteiger partial charge in [0.2, 0.25) is 0 Å². The van der Waals surface area contributed by atoms with Crippen molar-refractivity contribution in [2.45, 2.75) is 104 Å². The first-order chi connectivity index (χ1) is 18.9. The summed E-state index contributed by atoms with van der Waals surface area (Å²) < 4.78 is 31.0. The van der Waals surface area contributed by atoms with Gasteiger partial charge in [-0.25, -0.2) is 19.2 Å². The molecule has 40 heavy (non-hydrogen) atoms. The Kier molecular flexibility index (Phi) is 15.5. The van der Waals surface area contributed by atoms with E-state index >= 15 is 0 Å². The van der Waals surface area contributed by atoms with Crippen molar-refractivity contribution in [1.29, 1.82) is 0 Å². The first kappa shape index (κ1) is 34.5. The molecule has 1 aromatic rings. The molecule has 0 unspecified atom stereocenters. The van der Waals surface area contributed by atoms with Crippen molar-refractivity contribution in [3.05, 3.63) is 23.8 Å². The number of aliphatic carboxylic acids is 1. The summed E-state index contributed by atoms with van der Waals surface area (Å²) in [5.74, 6) is -1.83. The molecule has 0 aliphatic carbocycles. The quantitative estimate of drug-likeness (QED) is 0.0745. The van der Waals surface area contributed by atoms with E-state index in [1.165, 1.54) is 18.2 Å². The summed E-state index contributed by atoms with van der Waals surface area (Å²) in [4.78, 5) is 49.3. The number of hydrogen-bond acceptors (Lipinski definition) is 11. The Morgan fingerprint density at radius 3 is 1.85 bits per heavy atom. The lowest BCUT2D eigenvalue weighted by molar-refractivity contribution is -0.167. The Labute approximate surface area is 235 Å². The molecule has 226 valence electrons. The van der Waals surface area contributed by atoms with Gasteiger partial charge in [0.15, 0.2) is 11.5 Å². The van der Waals surface area contributed by atoms with Gasteiger partial charge in [-0.3, -0.25) is 5.32 Å². The smallest absolute Gasteiger partial charge is 0.477 e. The van der Waals surface area contributed by atoms with Gasteiger partial charge >= 0.3 is 24.4 Å². The van der Waals surface area contributed by atoms with Gasteiger partial charge in [-0.05, 0) is 58.2 Å². The van der Waals surface area contributed by atoms with E-state index in [4.69, 9.17) is 28.4 Å². The van der Waals surface area contributed by atoms with Gasteiger partial charge in [-0.1, -0.05) is 45.6 Å². The van der Waals surface area contributed by atoms with Crippen LogP contribution in [0.3, 0.4) is 0 Å². The molecular weight excluding hydrogens is 526 g/mol. The normalized spacial score (nSPS) is 12.4. The monoisotopic (exact) mass is 569 g/mol. The maximum absolute atomic E-state index is 12.4. The van der Waals surface area contributed by atoms with E-state index < -0.39 is 48.7 Å². The van der Waals surface area contributed by atoms with Crippen LogP contribution in [-0.4, -0.2) is 60.6 Å². The molecule has 0 heterocycles. The second-order valence-electron chi connectivity index (χ2n) is 9.72. The summed E-state index contributed by atoms with van der Waals surface area (Å²) in [5.41, 5.74) is -1.95. The Morgan fingerprint density at radius 1 is 0.825 bits per heavy atom. The highest BCUT2D eigenvalue weighted by molar-refractivity contribution is 5.80. The van der Waals surface area contributed by atoms with Crippen molar-refractivity contribution in [3.8, 4) is 11.5 Å². The zero-order chi connectivity index (χ0) is 30.1. The Bertz CT molecular complexity index is 964. The average Bonchev–Trinajstić information content (AvgIpc) is 2.85. The first-order valence-electron chi connectivity index (χ1n) is 13.6. The molecule has 0 saturated heterocycles. The number of unbranched alkanes of at least 4 members (excludes halogenated alkanes) is 4. The molecule has 0 saturated carbocycles. The van der Waals surface area contributed by atoms with Crippen LogP contribution in [0.5, 0.6) is 11.5 Å². The number of carboxylic acid groups (broad SMARTS) is 1. The van der Waals surface area contributed by atoms with Crippen LogP contribution in [0.1, 0.15) is 85.6 Å². The van der Waals surface area contributed by atoms with Crippen LogP contribution in [0, 0.1) is 0 Å². The average molecular weight is 570 g/mol. The van der Waals surface area contributed by atoms with E-state index in [2.05, 4.69) is 5.32 Å². The number of nitrogens with one attached hydrogen (secondary N) is 1. The van der Waals surface area contributed by atoms with Gasteiger partial charge in [0.25, 0.3) is 5.72 Å². The summed E-state index contributed by atoms with van der Waals surface area (Å²) in [6.07, 6.45) is 0.787. The number of carbonyl (C=O) groups excluding carboxylic acids is 3. The lowest BCUT2D eigenvalue weighted by Crippen LogP contribution is -2.59. The second-order valence-corrected chi connectivity index (χ2v) is 9.72. The highest BCUT2D eigenvalue weighted by Crippen LogP contribution is 2.31. The van der Waals surface area contributed by atoms with E-state index in [1.54, 1.807) is 27.7 Å². The molecule has 0 aliphatic rings. The number of rotatable bonds is 17. The second kappa shape index (κ2) is 17.9. The largest absolute Gasteiger partial charge is 0.513 e. The zero-order valence-electron chi connectivity index (χ0n) is 24.3. The number of hydrogen-bond donors (Lipinski definition) is 2. The number of ether oxygens (including phenoxy) is 6. The van der Waals surface area contributed by atoms with Gasteiger partial charge in [0.05, 0.1) is 19.3 Å². The third kappa shape index (κ3) is 13.0. The third-order valence-electron chi connectivity index (χ3n) is 5.24. The molecule has 12 nitrogen and oxygen atoms in total. The fraction of sp³-hybridized carbons (Fsp3) is 0.643. The lowest BCUT2D eigenvalue weighted by Gasteiger charge is -2.32. The molecular formula is C28H43NO11. The SMILES string of the molecule is CCCCCOC(=O)Oc1ccc(C[C@](NC(C)C)(OC(=O)OC(C)C)C(=O)O)cc1OC(=O)OCCCCC. The predicted molar refractivity (Wildman–Crippen MR) is 144 cm³/mol. The van der Waals surface area contributed by atoms with Crippen LogP contribution in [0.2, 0.25) is 0 Å². The molecule has 2 N–H and O–H groups in total. The lowest BCUT2D eigenvalue weighted by atomic mass is 10.0. The van der Waals surface area contributed by atoms with Crippen molar-refractivity contribution in [3.63, 3.8) is 0 Å². The minimum absolute atomic E-state index is 0.133. The first-order valence-corrected chi connectivity index (χ1v) is 13.6. The summed E-state index contributed by atoms with van der Waals surface area (Å²) in [7, 11) is 0. The highest BCUT2D eigenvalue weighted by Gasteiger charge is 2.44. The van der Waals surface area contributed by atoms with E-state index in [-0.39, 0.29) is 30.3 Å². The van der Waals surface area contributed by atoms with Crippen LogP contribution in [0.25, 0.3) is 0 Å². The molecule has 0 fully saturated rings. The van der Waals surface area contributed by atoms with Crippen molar-refractivity contribution in [1.82, 2.24) is 5.32 Å². The third-order valence-corrected chi connectivity index (χ3v) is 5.24. The van der Waals surface area contributed by atoms with Crippen molar-refractivity contribution >= 4 is 24.4 Å². The number of carbonyl (C=O) groups is 4. The minimum atomic E-state index is -2.22. The number of carboxylic acids is 1. The molecule has 0 radical (unpaired) electrons. The van der Waals surface area contributed by atoms with Crippen molar-refractivity contribution < 1.29 is 52.7 Å². The maximum Gasteiger partial charge on any atom is 0.513 e. The molecule has 1 rings (SSSR count). The van der Waals surface area contributed by atoms with Gasteiger partial charge < -0.3 is 33.5 Å². The van der Waals surface area contributed by atoms with Crippen LogP contribution < -0.4 is 14.8 Å². The van der Waals surface area contributed by atoms with E-state index in [9.17, 15) is 24.3 Å². The van der Waals surface area contributed by atoms with Gasteiger partial charge in [-0.2, -0.15) is 0 Å². The van der Waals surface area contributed by atoms with Crippen molar-refractivity contribution in [2.75, 3.05) is 13.2 Å². The highest BCUT2D eigenvalue weighted by atomic mass is 16.8. The Balaban J connectivity index is 3.28. The van der Waals surface area contributed by atoms with Crippen LogP contribution in [0.4, 0.5) is 14.4 Å². The van der Waals surface area contributed by atoms with Crippen LogP contribution in [0.15, 0.2) is 18.2 Å². The topological polar surface area (TPSA) is 156 Å². The molecule has 1 aromatic carbocycles. The van der Waals surface area contributed by atoms with Gasteiger partial charge in [-0.15, -0.1) is 0 Å². The van der Waals surface area contributed by atoms with E-state index in [1.807, 2.05) is 13.8 Å². The molecule has 0 spiro atoms. The van der Waals surface area contributed by atoms with Crippen LogP contribution >= 0.6 is 0 Å². The molecule has 0 bridgehead atoms. The number of benzene rings is 1. The van der Waals surface area contributed by atoms with E-state index in [0.29, 0.717) is 12.8 Å². The molecule has 0 amide bonds. The maximum atomic E-state index is 12.4. The fourth-order valence-corrected chi connectivity index (χ4v) is 3.49. The predicted octanol–water partition coefficient (Wildman–Crippen LogP) is 5.98. The molecule has 0 aliphatic heterocycles. The molecule has 0 aromatic heterocycles. The van der Waals surface area contributed by atoms with Crippen molar-refractivity contribution in [2.24, 2.45) is 0 Å². The zero-order valence-corrected chi connectivity index (χ0v) is 24.3. The minimum Gasteiger partial charge on any atom is -0.477 e. The van der Waals surface area contributed by atoms with Gasteiger partial charge in [0, 0.05) is 12.5 Å². The van der Waals surface area contributed by atoms with E-state index in [0.717, 1.165) is 25.7 Å². The van der Waals surface area contributed by atoms with Crippen LogP contribution in [-0.2, 0) is 30.2 Å². The van der Waals surface area contributed by atoms with Gasteiger partial charge in [0.1, 0.15) is 0 Å². The summed E-state index contributed by atoms with van der Waals surface area (Å²) in [6, 6.07) is 3.64. The summed E-state index contributed by atoms with van der Waals surface area (Å²) in [5, 5.41) is 12.8.